The van der Waals surface area contributed by atoms with Gasteiger partial charge in [-0.25, -0.2) is 0 Å². The zero-order valence-electron chi connectivity index (χ0n) is 17.5. The molecule has 0 aliphatic rings. The first kappa shape index (κ1) is 10.2. The van der Waals surface area contributed by atoms with Crippen LogP contribution in [0.2, 0.25) is 0 Å². The molecule has 2 aromatic carbocycles. The summed E-state index contributed by atoms with van der Waals surface area (Å²) < 4.78 is 39.0. The van der Waals surface area contributed by atoms with Gasteiger partial charge in [-0.1, -0.05) is 67.5 Å². The molecule has 0 atom stereocenters. The van der Waals surface area contributed by atoms with Crippen molar-refractivity contribution < 1.29 is 6.85 Å². The predicted molar refractivity (Wildman–Crippen MR) is 91.6 cm³/mol. The quantitative estimate of drug-likeness (QED) is 0.652. The Labute approximate surface area is 136 Å². The fraction of sp³-hybridized carbons (Fsp3) is 0.400. The lowest BCUT2D eigenvalue weighted by Gasteiger charge is -2.20. The van der Waals surface area contributed by atoms with Gasteiger partial charge in [-0.15, -0.1) is 0 Å². The van der Waals surface area contributed by atoms with Gasteiger partial charge in [-0.2, -0.15) is 0 Å². The Morgan fingerprint density at radius 2 is 1.29 bits per heavy atom. The molecule has 2 aromatic rings. The van der Waals surface area contributed by atoms with E-state index in [-0.39, 0.29) is 0 Å². The van der Waals surface area contributed by atoms with Crippen LogP contribution in [-0.2, 0) is 12.8 Å². The summed E-state index contributed by atoms with van der Waals surface area (Å²) >= 11 is 0. The van der Waals surface area contributed by atoms with Gasteiger partial charge in [0, 0.05) is 6.85 Å². The second kappa shape index (κ2) is 9.36. The van der Waals surface area contributed by atoms with Crippen molar-refractivity contribution in [3.05, 3.63) is 71.8 Å². The highest BCUT2D eigenvalue weighted by molar-refractivity contribution is 5.15. The van der Waals surface area contributed by atoms with Crippen LogP contribution in [0.15, 0.2) is 60.7 Å². The van der Waals surface area contributed by atoms with Crippen molar-refractivity contribution in [1.82, 2.24) is 4.90 Å². The summed E-state index contributed by atoms with van der Waals surface area (Å²) in [6.07, 6.45) is 3.08. The summed E-state index contributed by atoms with van der Waals surface area (Å²) in [7, 11) is 0. The van der Waals surface area contributed by atoms with Gasteiger partial charge in [0.15, 0.2) is 0 Å². The van der Waals surface area contributed by atoms with Crippen molar-refractivity contribution in [3.63, 3.8) is 0 Å². The van der Waals surface area contributed by atoms with Gasteiger partial charge in [-0.3, -0.25) is 0 Å². The monoisotopic (exact) mass is 286 g/mol. The third-order valence-corrected chi connectivity index (χ3v) is 3.63. The van der Waals surface area contributed by atoms with Crippen molar-refractivity contribution in [2.75, 3.05) is 19.6 Å². The molecule has 1 heteroatoms. The molecule has 0 amide bonds. The van der Waals surface area contributed by atoms with Crippen LogP contribution in [-0.4, -0.2) is 24.5 Å². The molecule has 0 radical (unpaired) electrons. The Morgan fingerprint density at radius 1 is 0.810 bits per heavy atom. The zero-order valence-corrected chi connectivity index (χ0v) is 12.5. The lowest BCUT2D eigenvalue weighted by molar-refractivity contribution is 0.281. The number of nitrogens with zero attached hydrogens (tertiary/aromatic N) is 1. The summed E-state index contributed by atoms with van der Waals surface area (Å²) in [5.74, 6) is 0. The molecule has 0 heterocycles. The minimum absolute atomic E-state index is 0.426. The maximum atomic E-state index is 8.13. The van der Waals surface area contributed by atoms with Crippen molar-refractivity contribution >= 4 is 0 Å². The molecule has 0 aromatic heterocycles. The Kier molecular flexibility index (Phi) is 4.54. The van der Waals surface area contributed by atoms with Crippen molar-refractivity contribution in [2.24, 2.45) is 0 Å². The Morgan fingerprint density at radius 3 is 1.71 bits per heavy atom. The smallest absolute Gasteiger partial charge is 0.0428 e. The molecule has 0 bridgehead atoms. The van der Waals surface area contributed by atoms with Gasteiger partial charge in [0.05, 0.1) is 0 Å². The molecule has 0 aliphatic heterocycles. The lowest BCUT2D eigenvalue weighted by atomic mass is 10.1. The van der Waals surface area contributed by atoms with E-state index in [1.54, 1.807) is 0 Å². The summed E-state index contributed by atoms with van der Waals surface area (Å²) in [6.45, 7) is -4.13. The molecule has 0 saturated heterocycles. The minimum Gasteiger partial charge on any atom is -0.304 e. The fourth-order valence-electron chi connectivity index (χ4n) is 2.46. The highest BCUT2D eigenvalue weighted by Gasteiger charge is 2.02. The van der Waals surface area contributed by atoms with E-state index in [0.717, 1.165) is 25.7 Å². The van der Waals surface area contributed by atoms with Crippen LogP contribution in [0, 0.1) is 0 Å². The summed E-state index contributed by atoms with van der Waals surface area (Å²) in [6, 6.07) is 20.0. The van der Waals surface area contributed by atoms with E-state index >= 15 is 0 Å². The molecule has 0 N–H and O–H groups in total. The first-order valence-electron chi connectivity index (χ1n) is 10.1. The van der Waals surface area contributed by atoms with Gasteiger partial charge >= 0.3 is 0 Å². The molecule has 21 heavy (non-hydrogen) atoms. The third-order valence-electron chi connectivity index (χ3n) is 3.63. The largest absolute Gasteiger partial charge is 0.304 e. The van der Waals surface area contributed by atoms with E-state index in [9.17, 15) is 0 Å². The Balaban J connectivity index is 1.94. The maximum Gasteiger partial charge on any atom is 0.0428 e. The normalized spacial score (nSPS) is 15.8. The predicted octanol–water partition coefficient (Wildman–Crippen LogP) is 4.57. The van der Waals surface area contributed by atoms with E-state index in [1.807, 2.05) is 60.7 Å². The highest BCUT2D eigenvalue weighted by Crippen LogP contribution is 2.06. The van der Waals surface area contributed by atoms with Gasteiger partial charge in [0.25, 0.3) is 0 Å². The van der Waals surface area contributed by atoms with Gasteiger partial charge < -0.3 is 4.90 Å². The van der Waals surface area contributed by atoms with E-state index < -0.39 is 13.3 Å². The van der Waals surface area contributed by atoms with E-state index in [2.05, 4.69) is 0 Å². The van der Waals surface area contributed by atoms with Crippen LogP contribution in [0.3, 0.4) is 0 Å². The Bertz CT molecular complexity index is 595. The summed E-state index contributed by atoms with van der Waals surface area (Å²) in [5, 5.41) is 0. The van der Waals surface area contributed by atoms with Gasteiger partial charge in [0.1, 0.15) is 0 Å². The average molecular weight is 286 g/mol. The summed E-state index contributed by atoms with van der Waals surface area (Å²) in [5.41, 5.74) is 2.37. The molecular weight excluding hydrogens is 254 g/mol. The topological polar surface area (TPSA) is 3.24 Å². The second-order valence-corrected chi connectivity index (χ2v) is 5.28. The van der Waals surface area contributed by atoms with Crippen LogP contribution in [0.25, 0.3) is 0 Å². The number of benzene rings is 2. The van der Waals surface area contributed by atoms with Crippen LogP contribution in [0.4, 0.5) is 0 Å². The number of hydrogen-bond donors (Lipinski definition) is 0. The minimum atomic E-state index is -2.66. The first-order valence-corrected chi connectivity index (χ1v) is 7.63. The van der Waals surface area contributed by atoms with Gasteiger partial charge in [0.2, 0.25) is 0 Å². The standard InChI is InChI=1S/C20H27N/c1-2-21(17-9-15-19-11-5-3-6-12-19)18-10-16-20-13-7-4-8-14-20/h3-8,11-14H,2,9-10,15-18H2,1H3/i1D3,2D2. The number of hydrogen-bond acceptors (Lipinski definition) is 1. The molecule has 1 nitrogen and oxygen atoms in total. The van der Waals surface area contributed by atoms with E-state index in [4.69, 9.17) is 6.85 Å². The van der Waals surface area contributed by atoms with Crippen LogP contribution < -0.4 is 0 Å². The molecule has 0 saturated carbocycles. The van der Waals surface area contributed by atoms with Crippen LogP contribution in [0.1, 0.15) is 37.7 Å². The zero-order chi connectivity index (χ0) is 19.0. The van der Waals surface area contributed by atoms with Crippen molar-refractivity contribution in [2.45, 2.75) is 32.5 Å². The van der Waals surface area contributed by atoms with E-state index in [1.165, 1.54) is 16.0 Å². The maximum absolute atomic E-state index is 8.13. The first-order chi connectivity index (χ1) is 12.3. The SMILES string of the molecule is [2H]C([2H])([2H])C([2H])([2H])N(CCCc1ccccc1)CCCc1ccccc1. The summed E-state index contributed by atoms with van der Waals surface area (Å²) in [4.78, 5) is 1.49. The van der Waals surface area contributed by atoms with Crippen LogP contribution in [0.5, 0.6) is 0 Å². The number of aryl methyl sites for hydroxylation is 2. The highest BCUT2D eigenvalue weighted by atomic mass is 15.1. The third kappa shape index (κ3) is 6.14. The van der Waals surface area contributed by atoms with Gasteiger partial charge in [-0.05, 0) is 56.4 Å². The Hall–Kier alpha value is -1.60. The second-order valence-electron chi connectivity index (χ2n) is 5.28. The van der Waals surface area contributed by atoms with Crippen molar-refractivity contribution in [1.29, 1.82) is 0 Å². The molecule has 0 aliphatic carbocycles. The lowest BCUT2D eigenvalue weighted by Crippen LogP contribution is -2.26. The van der Waals surface area contributed by atoms with Crippen LogP contribution >= 0.6 is 0 Å². The molecule has 0 spiro atoms. The molecule has 0 fully saturated rings. The van der Waals surface area contributed by atoms with Crippen molar-refractivity contribution in [3.8, 4) is 0 Å². The molecular formula is C20H27N. The number of rotatable bonds is 9. The average Bonchev–Trinajstić information content (AvgIpc) is 2.61. The molecule has 112 valence electrons. The van der Waals surface area contributed by atoms with E-state index in [0.29, 0.717) is 13.1 Å². The molecule has 0 unspecified atom stereocenters. The molecule has 2 rings (SSSR count). The fourth-order valence-corrected chi connectivity index (χ4v) is 2.46.